The van der Waals surface area contributed by atoms with E-state index in [2.05, 4.69) is 9.97 Å². The first-order valence-corrected chi connectivity index (χ1v) is 5.16. The second-order valence-corrected chi connectivity index (χ2v) is 3.94. The lowest BCUT2D eigenvalue weighted by Crippen LogP contribution is -2.00. The van der Waals surface area contributed by atoms with Gasteiger partial charge in [0.15, 0.2) is 5.69 Å². The molecule has 0 aliphatic heterocycles. The quantitative estimate of drug-likeness (QED) is 0.842. The molecule has 2 aromatic rings. The summed E-state index contributed by atoms with van der Waals surface area (Å²) in [6, 6.07) is 3.46. The number of thiophene rings is 1. The van der Waals surface area contributed by atoms with Gasteiger partial charge in [-0.25, -0.2) is 14.8 Å². The first kappa shape index (κ1) is 9.79. The standard InChI is InChI=1S/C10H8N2O2S/c1-6-2-3-15-9(6)7-4-8(10(13)14)12-5-11-7/h2-5H,1H3,(H,13,14). The number of nitrogens with zero attached hydrogens (tertiary/aromatic N) is 2. The molecular formula is C10H8N2O2S. The molecule has 0 amide bonds. The molecule has 0 saturated heterocycles. The van der Waals surface area contributed by atoms with Crippen LogP contribution in [-0.4, -0.2) is 21.0 Å². The number of aryl methyl sites for hydroxylation is 1. The van der Waals surface area contributed by atoms with Crippen molar-refractivity contribution in [3.8, 4) is 10.6 Å². The molecule has 2 rings (SSSR count). The molecule has 0 fully saturated rings. The molecule has 5 heteroatoms. The van der Waals surface area contributed by atoms with Gasteiger partial charge in [0.25, 0.3) is 0 Å². The van der Waals surface area contributed by atoms with Crippen LogP contribution >= 0.6 is 11.3 Å². The topological polar surface area (TPSA) is 63.1 Å². The third-order valence-corrected chi connectivity index (χ3v) is 3.02. The number of hydrogen-bond acceptors (Lipinski definition) is 4. The number of aromatic nitrogens is 2. The minimum absolute atomic E-state index is 0.0211. The van der Waals surface area contributed by atoms with E-state index < -0.39 is 5.97 Å². The van der Waals surface area contributed by atoms with Crippen LogP contribution in [0.3, 0.4) is 0 Å². The van der Waals surface area contributed by atoms with Gasteiger partial charge in [-0.15, -0.1) is 11.3 Å². The highest BCUT2D eigenvalue weighted by Gasteiger charge is 2.09. The molecular weight excluding hydrogens is 212 g/mol. The Morgan fingerprint density at radius 3 is 2.87 bits per heavy atom. The molecule has 0 atom stereocenters. The Labute approximate surface area is 90.3 Å². The zero-order valence-corrected chi connectivity index (χ0v) is 8.78. The van der Waals surface area contributed by atoms with E-state index >= 15 is 0 Å². The van der Waals surface area contributed by atoms with Crippen molar-refractivity contribution in [3.63, 3.8) is 0 Å². The average molecular weight is 220 g/mol. The highest BCUT2D eigenvalue weighted by Crippen LogP contribution is 2.27. The summed E-state index contributed by atoms with van der Waals surface area (Å²) in [5.41, 5.74) is 1.78. The zero-order valence-electron chi connectivity index (χ0n) is 7.97. The Morgan fingerprint density at radius 2 is 2.27 bits per heavy atom. The summed E-state index contributed by atoms with van der Waals surface area (Å²) in [5.74, 6) is -1.03. The molecule has 0 aliphatic rings. The van der Waals surface area contributed by atoms with E-state index in [1.807, 2.05) is 18.4 Å². The van der Waals surface area contributed by atoms with Crippen LogP contribution in [0.15, 0.2) is 23.8 Å². The number of rotatable bonds is 2. The number of carbonyl (C=O) groups is 1. The first-order chi connectivity index (χ1) is 7.18. The van der Waals surface area contributed by atoms with Crippen molar-refractivity contribution >= 4 is 17.3 Å². The molecule has 0 radical (unpaired) electrons. The number of aromatic carboxylic acids is 1. The van der Waals surface area contributed by atoms with Crippen molar-refractivity contribution < 1.29 is 9.90 Å². The fraction of sp³-hybridized carbons (Fsp3) is 0.100. The van der Waals surface area contributed by atoms with E-state index in [0.717, 1.165) is 10.4 Å². The van der Waals surface area contributed by atoms with Crippen molar-refractivity contribution in [1.29, 1.82) is 0 Å². The fourth-order valence-electron chi connectivity index (χ4n) is 1.23. The Bertz CT molecular complexity index is 508. The van der Waals surface area contributed by atoms with Gasteiger partial charge in [0.2, 0.25) is 0 Å². The lowest BCUT2D eigenvalue weighted by atomic mass is 10.2. The van der Waals surface area contributed by atoms with E-state index in [4.69, 9.17) is 5.11 Å². The van der Waals surface area contributed by atoms with Crippen LogP contribution in [0, 0.1) is 6.92 Å². The molecule has 0 spiro atoms. The Hall–Kier alpha value is -1.75. The summed E-state index contributed by atoms with van der Waals surface area (Å²) < 4.78 is 0. The van der Waals surface area contributed by atoms with Crippen LogP contribution in [0.5, 0.6) is 0 Å². The van der Waals surface area contributed by atoms with E-state index in [1.165, 1.54) is 23.7 Å². The normalized spacial score (nSPS) is 10.2. The number of carboxylic acids is 1. The summed E-state index contributed by atoms with van der Waals surface area (Å²) in [6.07, 6.45) is 1.28. The van der Waals surface area contributed by atoms with Gasteiger partial charge in [-0.05, 0) is 30.0 Å². The monoisotopic (exact) mass is 220 g/mol. The molecule has 0 bridgehead atoms. The zero-order chi connectivity index (χ0) is 10.8. The molecule has 2 aromatic heterocycles. The van der Waals surface area contributed by atoms with Gasteiger partial charge in [0.05, 0.1) is 10.6 Å². The SMILES string of the molecule is Cc1ccsc1-c1cc(C(=O)O)ncn1. The maximum absolute atomic E-state index is 10.7. The minimum Gasteiger partial charge on any atom is -0.477 e. The summed E-state index contributed by atoms with van der Waals surface area (Å²) in [7, 11) is 0. The lowest BCUT2D eigenvalue weighted by molar-refractivity contribution is 0.0690. The van der Waals surface area contributed by atoms with Gasteiger partial charge in [-0.1, -0.05) is 0 Å². The van der Waals surface area contributed by atoms with E-state index in [9.17, 15) is 4.79 Å². The van der Waals surface area contributed by atoms with Crippen LogP contribution in [0.25, 0.3) is 10.6 Å². The summed E-state index contributed by atoms with van der Waals surface area (Å²) in [4.78, 5) is 19.4. The molecule has 76 valence electrons. The molecule has 1 N–H and O–H groups in total. The average Bonchev–Trinajstić information content (AvgIpc) is 2.64. The van der Waals surface area contributed by atoms with Crippen LogP contribution < -0.4 is 0 Å². The minimum atomic E-state index is -1.03. The maximum atomic E-state index is 10.7. The van der Waals surface area contributed by atoms with Crippen molar-refractivity contribution in [2.45, 2.75) is 6.92 Å². The van der Waals surface area contributed by atoms with Crippen LogP contribution in [0.1, 0.15) is 16.1 Å². The molecule has 15 heavy (non-hydrogen) atoms. The maximum Gasteiger partial charge on any atom is 0.354 e. The third-order valence-electron chi connectivity index (χ3n) is 1.98. The van der Waals surface area contributed by atoms with E-state index in [-0.39, 0.29) is 5.69 Å². The van der Waals surface area contributed by atoms with E-state index in [0.29, 0.717) is 5.69 Å². The van der Waals surface area contributed by atoms with Crippen LogP contribution in [0.2, 0.25) is 0 Å². The first-order valence-electron chi connectivity index (χ1n) is 4.28. The van der Waals surface area contributed by atoms with Crippen molar-refractivity contribution in [1.82, 2.24) is 9.97 Å². The lowest BCUT2D eigenvalue weighted by Gasteiger charge is -1.99. The Morgan fingerprint density at radius 1 is 1.47 bits per heavy atom. The summed E-state index contributed by atoms with van der Waals surface area (Å²) in [6.45, 7) is 1.97. The molecule has 0 saturated carbocycles. The second-order valence-electron chi connectivity index (χ2n) is 3.03. The van der Waals surface area contributed by atoms with Crippen LogP contribution in [-0.2, 0) is 0 Å². The van der Waals surface area contributed by atoms with Crippen molar-refractivity contribution in [2.24, 2.45) is 0 Å². The molecule has 0 aliphatic carbocycles. The summed E-state index contributed by atoms with van der Waals surface area (Å²) in [5, 5.41) is 10.7. The van der Waals surface area contributed by atoms with Gasteiger partial charge < -0.3 is 5.11 Å². The summed E-state index contributed by atoms with van der Waals surface area (Å²) >= 11 is 1.54. The molecule has 2 heterocycles. The van der Waals surface area contributed by atoms with Gasteiger partial charge in [-0.2, -0.15) is 0 Å². The third kappa shape index (κ3) is 1.87. The van der Waals surface area contributed by atoms with Crippen molar-refractivity contribution in [3.05, 3.63) is 35.1 Å². The van der Waals surface area contributed by atoms with Gasteiger partial charge in [-0.3, -0.25) is 0 Å². The number of hydrogen-bond donors (Lipinski definition) is 1. The molecule has 0 unspecified atom stereocenters. The fourth-order valence-corrected chi connectivity index (χ4v) is 2.13. The smallest absolute Gasteiger partial charge is 0.354 e. The predicted octanol–water partition coefficient (Wildman–Crippen LogP) is 2.21. The molecule has 4 nitrogen and oxygen atoms in total. The van der Waals surface area contributed by atoms with Crippen molar-refractivity contribution in [2.75, 3.05) is 0 Å². The number of carboxylic acid groups (broad SMARTS) is 1. The molecule has 0 aromatic carbocycles. The predicted molar refractivity (Wildman–Crippen MR) is 57.0 cm³/mol. The Kier molecular flexibility index (Phi) is 2.47. The largest absolute Gasteiger partial charge is 0.477 e. The highest BCUT2D eigenvalue weighted by molar-refractivity contribution is 7.13. The second kappa shape index (κ2) is 3.78. The van der Waals surface area contributed by atoms with Gasteiger partial charge in [0.1, 0.15) is 6.33 Å². The van der Waals surface area contributed by atoms with Gasteiger partial charge >= 0.3 is 5.97 Å². The van der Waals surface area contributed by atoms with Crippen LogP contribution in [0.4, 0.5) is 0 Å². The highest BCUT2D eigenvalue weighted by atomic mass is 32.1. The van der Waals surface area contributed by atoms with Gasteiger partial charge in [0, 0.05) is 0 Å². The van der Waals surface area contributed by atoms with E-state index in [1.54, 1.807) is 0 Å². The Balaban J connectivity index is 2.50.